The monoisotopic (exact) mass is 373 g/mol. The lowest BCUT2D eigenvalue weighted by Gasteiger charge is -2.49. The van der Waals surface area contributed by atoms with E-state index >= 15 is 0 Å². The van der Waals surface area contributed by atoms with Gasteiger partial charge in [0.25, 0.3) is 5.91 Å². The highest BCUT2D eigenvalue weighted by atomic mass is 32.2. The topological polar surface area (TPSA) is 120 Å². The minimum absolute atomic E-state index is 0.202. The van der Waals surface area contributed by atoms with E-state index in [1.807, 2.05) is 6.07 Å². The molecule has 0 bridgehead atoms. The highest BCUT2D eigenvalue weighted by molar-refractivity contribution is 8.00. The number of carboxylic acids is 1. The van der Waals surface area contributed by atoms with Crippen LogP contribution in [0.5, 0.6) is 0 Å². The third-order valence-electron chi connectivity index (χ3n) is 4.20. The van der Waals surface area contributed by atoms with E-state index in [9.17, 15) is 24.8 Å². The van der Waals surface area contributed by atoms with Crippen LogP contribution in [-0.2, 0) is 19.1 Å². The number of rotatable bonds is 5. The van der Waals surface area contributed by atoms with Crippen molar-refractivity contribution in [2.75, 3.05) is 12.9 Å². The van der Waals surface area contributed by atoms with Gasteiger partial charge in [0.1, 0.15) is 23.1 Å². The SMILES string of the molecule is COC1=C(C(=O)O)N2C(=O)[C@@H](NC(=O)C(C#N)c3ccccc3)[C@H]2SC1. The molecule has 2 aliphatic heterocycles. The Morgan fingerprint density at radius 3 is 2.69 bits per heavy atom. The van der Waals surface area contributed by atoms with Gasteiger partial charge in [-0.2, -0.15) is 5.26 Å². The van der Waals surface area contributed by atoms with Crippen molar-refractivity contribution >= 4 is 29.5 Å². The summed E-state index contributed by atoms with van der Waals surface area (Å²) < 4.78 is 5.05. The van der Waals surface area contributed by atoms with E-state index in [0.29, 0.717) is 5.56 Å². The van der Waals surface area contributed by atoms with Crippen LogP contribution in [0.15, 0.2) is 41.8 Å². The summed E-state index contributed by atoms with van der Waals surface area (Å²) >= 11 is 1.30. The van der Waals surface area contributed by atoms with Gasteiger partial charge in [-0.05, 0) is 5.56 Å². The Bertz CT molecular complexity index is 833. The van der Waals surface area contributed by atoms with Crippen LogP contribution in [0.25, 0.3) is 0 Å². The Hall–Kier alpha value is -2.99. The molecule has 0 spiro atoms. The Balaban J connectivity index is 1.76. The largest absolute Gasteiger partial charge is 0.498 e. The number of benzene rings is 1. The molecule has 2 amide bonds. The van der Waals surface area contributed by atoms with E-state index in [-0.39, 0.29) is 17.2 Å². The molecule has 0 aromatic heterocycles. The van der Waals surface area contributed by atoms with E-state index in [2.05, 4.69) is 5.32 Å². The molecule has 2 aliphatic rings. The molecule has 3 rings (SSSR count). The Morgan fingerprint density at radius 2 is 2.12 bits per heavy atom. The fourth-order valence-corrected chi connectivity index (χ4v) is 4.23. The third kappa shape index (κ3) is 2.88. The molecule has 1 unspecified atom stereocenters. The van der Waals surface area contributed by atoms with E-state index in [1.165, 1.54) is 18.9 Å². The van der Waals surface area contributed by atoms with Crippen molar-refractivity contribution in [3.8, 4) is 6.07 Å². The van der Waals surface area contributed by atoms with Crippen LogP contribution in [-0.4, -0.2) is 52.1 Å². The van der Waals surface area contributed by atoms with Crippen molar-refractivity contribution in [1.82, 2.24) is 10.2 Å². The lowest BCUT2D eigenvalue weighted by Crippen LogP contribution is -2.70. The van der Waals surface area contributed by atoms with Crippen molar-refractivity contribution in [2.24, 2.45) is 0 Å². The number of nitrogens with one attached hydrogen (secondary N) is 1. The molecule has 1 saturated heterocycles. The first-order chi connectivity index (χ1) is 12.5. The van der Waals surface area contributed by atoms with Crippen LogP contribution >= 0.6 is 11.8 Å². The number of thioether (sulfide) groups is 1. The Morgan fingerprint density at radius 1 is 1.42 bits per heavy atom. The predicted molar refractivity (Wildman–Crippen MR) is 91.5 cm³/mol. The van der Waals surface area contributed by atoms with Crippen molar-refractivity contribution in [3.63, 3.8) is 0 Å². The molecule has 0 radical (unpaired) electrons. The van der Waals surface area contributed by atoms with Crippen LogP contribution in [0.1, 0.15) is 11.5 Å². The molecular formula is C17H15N3O5S. The minimum Gasteiger partial charge on any atom is -0.498 e. The highest BCUT2D eigenvalue weighted by Gasteiger charge is 2.55. The van der Waals surface area contributed by atoms with Crippen LogP contribution in [0.2, 0.25) is 0 Å². The number of nitrogens with zero attached hydrogens (tertiary/aromatic N) is 2. The Labute approximate surface area is 153 Å². The minimum atomic E-state index is -1.26. The number of carboxylic acid groups (broad SMARTS) is 1. The second kappa shape index (κ2) is 7.09. The van der Waals surface area contributed by atoms with Gasteiger partial charge in [0, 0.05) is 0 Å². The summed E-state index contributed by atoms with van der Waals surface area (Å²) in [5.41, 5.74) is 0.326. The smallest absolute Gasteiger partial charge is 0.356 e. The first kappa shape index (κ1) is 17.8. The van der Waals surface area contributed by atoms with Crippen LogP contribution < -0.4 is 5.32 Å². The zero-order valence-electron chi connectivity index (χ0n) is 13.7. The number of carbonyl (C=O) groups excluding carboxylic acids is 2. The van der Waals surface area contributed by atoms with Crippen molar-refractivity contribution < 1.29 is 24.2 Å². The van der Waals surface area contributed by atoms with E-state index in [0.717, 1.165) is 4.90 Å². The predicted octanol–water partition coefficient (Wildman–Crippen LogP) is 0.636. The number of ether oxygens (including phenoxy) is 1. The number of hydrogen-bond donors (Lipinski definition) is 2. The fraction of sp³-hybridized carbons (Fsp3) is 0.294. The summed E-state index contributed by atoms with van der Waals surface area (Å²) in [4.78, 5) is 37.5. The summed E-state index contributed by atoms with van der Waals surface area (Å²) in [5, 5.41) is 20.7. The molecule has 3 atom stereocenters. The van der Waals surface area contributed by atoms with Gasteiger partial charge in [0.2, 0.25) is 5.91 Å². The number of carbonyl (C=O) groups is 3. The average Bonchev–Trinajstić information content (AvgIpc) is 2.66. The normalized spacial score (nSPS) is 22.6. The molecule has 1 fully saturated rings. The summed E-state index contributed by atoms with van der Waals surface area (Å²) in [5.74, 6) is -2.95. The van der Waals surface area contributed by atoms with Crippen molar-refractivity contribution in [1.29, 1.82) is 5.26 Å². The Kier molecular flexibility index (Phi) is 4.86. The van der Waals surface area contributed by atoms with Gasteiger partial charge in [0.15, 0.2) is 5.70 Å². The molecule has 2 heterocycles. The summed E-state index contributed by atoms with van der Waals surface area (Å²) in [7, 11) is 1.35. The quantitative estimate of drug-likeness (QED) is 0.727. The maximum absolute atomic E-state index is 12.5. The molecule has 1 aromatic rings. The third-order valence-corrected chi connectivity index (χ3v) is 5.46. The standard InChI is InChI=1S/C17H15N3O5S/c1-25-11-8-26-16-12(15(22)20(16)13(11)17(23)24)19-14(21)10(7-18)9-5-3-2-4-6-9/h2-6,10,12,16H,8H2,1H3,(H,19,21)(H,23,24)/t10?,12-,16-/m1/s1. The molecule has 2 N–H and O–H groups in total. The number of fused-ring (bicyclic) bond motifs is 1. The summed E-state index contributed by atoms with van der Waals surface area (Å²) in [6.07, 6.45) is 0. The summed E-state index contributed by atoms with van der Waals surface area (Å²) in [6, 6.07) is 9.59. The first-order valence-electron chi connectivity index (χ1n) is 7.69. The van der Waals surface area contributed by atoms with E-state index in [4.69, 9.17) is 4.74 Å². The molecule has 8 nitrogen and oxygen atoms in total. The van der Waals surface area contributed by atoms with Crippen LogP contribution in [0, 0.1) is 11.3 Å². The first-order valence-corrected chi connectivity index (χ1v) is 8.74. The zero-order valence-corrected chi connectivity index (χ0v) is 14.5. The van der Waals surface area contributed by atoms with Gasteiger partial charge in [-0.1, -0.05) is 30.3 Å². The molecule has 1 aromatic carbocycles. The maximum Gasteiger partial charge on any atom is 0.356 e. The fourth-order valence-electron chi connectivity index (χ4n) is 2.91. The second-order valence-electron chi connectivity index (χ2n) is 5.65. The van der Waals surface area contributed by atoms with Gasteiger partial charge in [0.05, 0.1) is 18.9 Å². The van der Waals surface area contributed by atoms with Gasteiger partial charge in [-0.15, -0.1) is 11.8 Å². The van der Waals surface area contributed by atoms with Crippen LogP contribution in [0.4, 0.5) is 0 Å². The van der Waals surface area contributed by atoms with Crippen LogP contribution in [0.3, 0.4) is 0 Å². The lowest BCUT2D eigenvalue weighted by atomic mass is 9.98. The number of nitriles is 1. The van der Waals surface area contributed by atoms with Gasteiger partial charge < -0.3 is 15.2 Å². The molecule has 0 aliphatic carbocycles. The zero-order chi connectivity index (χ0) is 18.8. The maximum atomic E-state index is 12.5. The van der Waals surface area contributed by atoms with Gasteiger partial charge in [-0.25, -0.2) is 4.79 Å². The second-order valence-corrected chi connectivity index (χ2v) is 6.75. The highest BCUT2D eigenvalue weighted by Crippen LogP contribution is 2.40. The number of hydrogen-bond acceptors (Lipinski definition) is 6. The molecule has 0 saturated carbocycles. The lowest BCUT2D eigenvalue weighted by molar-refractivity contribution is -0.151. The summed E-state index contributed by atoms with van der Waals surface area (Å²) in [6.45, 7) is 0. The van der Waals surface area contributed by atoms with Crippen molar-refractivity contribution in [3.05, 3.63) is 47.4 Å². The number of aliphatic carboxylic acids is 1. The molecular weight excluding hydrogens is 358 g/mol. The molecule has 26 heavy (non-hydrogen) atoms. The molecule has 9 heteroatoms. The number of amides is 2. The number of methoxy groups -OCH3 is 1. The van der Waals surface area contributed by atoms with Gasteiger partial charge >= 0.3 is 5.97 Å². The average molecular weight is 373 g/mol. The molecule has 134 valence electrons. The van der Waals surface area contributed by atoms with Crippen molar-refractivity contribution in [2.45, 2.75) is 17.3 Å². The number of β-lactam (4-membered cyclic amide) rings is 1. The van der Waals surface area contributed by atoms with E-state index in [1.54, 1.807) is 30.3 Å². The van der Waals surface area contributed by atoms with Gasteiger partial charge in [-0.3, -0.25) is 14.5 Å². The van der Waals surface area contributed by atoms with E-state index < -0.39 is 35.1 Å².